The molecule has 1 unspecified atom stereocenters. The number of carbonyl (C=O) groups is 1. The topological polar surface area (TPSA) is 94.6 Å². The first kappa shape index (κ1) is 34.8. The van der Waals surface area contributed by atoms with Crippen LogP contribution in [0.15, 0.2) is 150 Å². The lowest BCUT2D eigenvalue weighted by Crippen LogP contribution is -2.45. The van der Waals surface area contributed by atoms with Crippen molar-refractivity contribution in [3.05, 3.63) is 162 Å². The van der Waals surface area contributed by atoms with Gasteiger partial charge in [-0.25, -0.2) is 9.48 Å². The molecule has 0 bridgehead atoms. The molecule has 0 spiro atoms. The van der Waals surface area contributed by atoms with Crippen LogP contribution in [-0.4, -0.2) is 55.5 Å². The number of ether oxygens (including phenoxy) is 1. The summed E-state index contributed by atoms with van der Waals surface area (Å²) in [6, 6.07) is 47.7. The summed E-state index contributed by atoms with van der Waals surface area (Å²) in [6.45, 7) is 4.87. The van der Waals surface area contributed by atoms with Crippen LogP contribution in [0.4, 0.5) is 0 Å². The van der Waals surface area contributed by atoms with E-state index in [1.54, 1.807) is 5.55 Å². The van der Waals surface area contributed by atoms with Crippen molar-refractivity contribution < 1.29 is 9.53 Å². The molecule has 0 aliphatic carbocycles. The Morgan fingerprint density at radius 3 is 1.92 bits per heavy atom. The van der Waals surface area contributed by atoms with Crippen LogP contribution in [0.2, 0.25) is 0 Å². The molecular weight excluding hydrogens is 665 g/mol. The molecule has 0 radical (unpaired) electrons. The lowest BCUT2D eigenvalue weighted by atomic mass is 9.77. The number of nitrogens with zero attached hydrogens (tertiary/aromatic N) is 6. The highest BCUT2D eigenvalue weighted by Crippen LogP contribution is 2.43. The van der Waals surface area contributed by atoms with E-state index in [1.807, 2.05) is 41.9 Å². The Balaban J connectivity index is 1.32. The van der Waals surface area contributed by atoms with E-state index >= 15 is 0 Å². The average molecular weight is 705 g/mol. The molecule has 260 valence electrons. The van der Waals surface area contributed by atoms with Gasteiger partial charge in [0.15, 0.2) is 5.82 Å². The van der Waals surface area contributed by atoms with Gasteiger partial charge in [0, 0.05) is 18.5 Å². The van der Waals surface area contributed by atoms with E-state index in [0.29, 0.717) is 23.8 Å². The summed E-state index contributed by atoms with van der Waals surface area (Å²) >= 11 is 1.41. The normalized spacial score (nSPS) is 16.3. The number of benzene rings is 5. The highest BCUT2D eigenvalue weighted by Gasteiger charge is 2.48. The zero-order valence-electron chi connectivity index (χ0n) is 29.3. The third-order valence-corrected chi connectivity index (χ3v) is 10.3. The van der Waals surface area contributed by atoms with E-state index in [1.165, 1.54) is 11.8 Å². The fourth-order valence-electron chi connectivity index (χ4n) is 6.92. The van der Waals surface area contributed by atoms with Crippen molar-refractivity contribution in [2.75, 3.05) is 13.2 Å². The minimum absolute atomic E-state index is 0.276. The Bertz CT molecular complexity index is 2070. The number of aliphatic imine (C=N–C) groups is 2. The number of esters is 1. The van der Waals surface area contributed by atoms with Crippen LogP contribution < -0.4 is 0 Å². The molecule has 6 aromatic rings. The number of thioether (sulfide) groups is 1. The largest absolute Gasteiger partial charge is 0.464 e. The molecule has 52 heavy (non-hydrogen) atoms. The molecule has 1 atom stereocenters. The predicted octanol–water partition coefficient (Wildman–Crippen LogP) is 8.67. The van der Waals surface area contributed by atoms with Gasteiger partial charge < -0.3 is 4.74 Å². The fraction of sp³-hybridized carbons (Fsp3) is 0.209. The maximum atomic E-state index is 13.4. The number of rotatable bonds is 13. The van der Waals surface area contributed by atoms with Crippen LogP contribution in [0.5, 0.6) is 0 Å². The van der Waals surface area contributed by atoms with Crippen molar-refractivity contribution in [1.29, 1.82) is 0 Å². The van der Waals surface area contributed by atoms with Crippen molar-refractivity contribution in [3.63, 3.8) is 0 Å². The molecular formula is C43H40N6O2S. The van der Waals surface area contributed by atoms with E-state index in [2.05, 4.69) is 126 Å². The second kappa shape index (κ2) is 15.7. The van der Waals surface area contributed by atoms with Gasteiger partial charge in [-0.15, -0.1) is 5.10 Å². The van der Waals surface area contributed by atoms with Gasteiger partial charge in [0.25, 0.3) is 0 Å². The Labute approximate surface area is 308 Å². The third kappa shape index (κ3) is 6.48. The number of aromatic nitrogens is 4. The van der Waals surface area contributed by atoms with Crippen LogP contribution in [-0.2, 0) is 21.5 Å². The summed E-state index contributed by atoms with van der Waals surface area (Å²) in [5.74, 6) is 0.259. The van der Waals surface area contributed by atoms with E-state index in [0.717, 1.165) is 51.8 Å². The van der Waals surface area contributed by atoms with E-state index in [4.69, 9.17) is 20.0 Å². The van der Waals surface area contributed by atoms with E-state index in [-0.39, 0.29) is 12.6 Å². The molecule has 0 fully saturated rings. The predicted molar refractivity (Wildman–Crippen MR) is 210 cm³/mol. The Morgan fingerprint density at radius 2 is 1.35 bits per heavy atom. The molecule has 0 amide bonds. The summed E-state index contributed by atoms with van der Waals surface area (Å²) in [7, 11) is 0. The zero-order chi connectivity index (χ0) is 35.8. The second-order valence-electron chi connectivity index (χ2n) is 12.6. The van der Waals surface area contributed by atoms with Crippen LogP contribution >= 0.6 is 11.8 Å². The molecule has 9 heteroatoms. The summed E-state index contributed by atoms with van der Waals surface area (Å²) in [4.78, 5) is 22.9. The number of carbonyl (C=O) groups excluding carboxylic acids is 1. The van der Waals surface area contributed by atoms with Crippen molar-refractivity contribution >= 4 is 28.3 Å². The van der Waals surface area contributed by atoms with Crippen LogP contribution in [0.3, 0.4) is 0 Å². The summed E-state index contributed by atoms with van der Waals surface area (Å²) < 4.78 is 7.51. The standard InChI is InChI=1S/C43H40N6O2S/c1-3-5-29-44-40-42(45-31-52-40,41(50)51-4-2)30-32-25-27-33(28-26-32)37-23-15-16-24-38(37)39-46-47-48-49(39)43(34-17-9-6-10-18-34,35-19-11-7-12-20-35)36-21-13-8-14-22-36/h6-28,31H,3-5,29-30H2,1-2H3. The Kier molecular flexibility index (Phi) is 10.5. The lowest BCUT2D eigenvalue weighted by molar-refractivity contribution is -0.146. The van der Waals surface area contributed by atoms with Crippen LogP contribution in [0.1, 0.15) is 48.9 Å². The van der Waals surface area contributed by atoms with Gasteiger partial charge in [0.2, 0.25) is 5.54 Å². The molecule has 0 saturated carbocycles. The van der Waals surface area contributed by atoms with E-state index < -0.39 is 11.1 Å². The quantitative estimate of drug-likeness (QED) is 0.0679. The molecule has 8 nitrogen and oxygen atoms in total. The Morgan fingerprint density at radius 1 is 0.769 bits per heavy atom. The lowest BCUT2D eigenvalue weighted by Gasteiger charge is -2.36. The number of hydrogen-bond acceptors (Lipinski definition) is 8. The smallest absolute Gasteiger partial charge is 0.341 e. The number of hydrogen-bond donors (Lipinski definition) is 0. The highest BCUT2D eigenvalue weighted by molar-refractivity contribution is 8.25. The van der Waals surface area contributed by atoms with Gasteiger partial charge in [0.05, 0.1) is 12.2 Å². The van der Waals surface area contributed by atoms with Gasteiger partial charge in [-0.1, -0.05) is 165 Å². The van der Waals surface area contributed by atoms with Crippen molar-refractivity contribution in [2.45, 2.75) is 44.2 Å². The first-order valence-corrected chi connectivity index (χ1v) is 18.6. The molecule has 2 heterocycles. The Hall–Kier alpha value is -5.67. The third-order valence-electron chi connectivity index (χ3n) is 9.43. The maximum Gasteiger partial charge on any atom is 0.341 e. The molecule has 0 N–H and O–H groups in total. The van der Waals surface area contributed by atoms with Gasteiger partial charge in [-0.2, -0.15) is 0 Å². The first-order valence-electron chi connectivity index (χ1n) is 17.7. The minimum Gasteiger partial charge on any atom is -0.464 e. The monoisotopic (exact) mass is 704 g/mol. The second-order valence-corrected chi connectivity index (χ2v) is 13.4. The summed E-state index contributed by atoms with van der Waals surface area (Å²) in [5, 5.41) is 14.5. The SMILES string of the molecule is CCCCN=C1SC=NC1(Cc1ccc(-c2ccccc2-c2nnnn2C(c2ccccc2)(c2ccccc2)c2ccccc2)cc1)C(=O)OCC. The maximum absolute atomic E-state index is 13.4. The molecule has 7 rings (SSSR count). The molecule has 1 aliphatic rings. The molecule has 0 saturated heterocycles. The molecule has 1 aromatic heterocycles. The zero-order valence-corrected chi connectivity index (χ0v) is 30.1. The average Bonchev–Trinajstić information content (AvgIpc) is 3.85. The van der Waals surface area contributed by atoms with Crippen molar-refractivity contribution in [1.82, 2.24) is 20.2 Å². The van der Waals surface area contributed by atoms with Crippen LogP contribution in [0.25, 0.3) is 22.5 Å². The summed E-state index contributed by atoms with van der Waals surface area (Å²) in [6.07, 6.45) is 2.33. The molecule has 1 aliphatic heterocycles. The number of tetrazole rings is 1. The molecule has 5 aromatic carbocycles. The van der Waals surface area contributed by atoms with Crippen molar-refractivity contribution in [2.24, 2.45) is 9.98 Å². The first-order chi connectivity index (χ1) is 25.6. The number of unbranched alkanes of at least 4 members (excludes halogenated alkanes) is 1. The van der Waals surface area contributed by atoms with Gasteiger partial charge in [-0.3, -0.25) is 9.98 Å². The fourth-order valence-corrected chi connectivity index (χ4v) is 7.82. The van der Waals surface area contributed by atoms with Gasteiger partial charge in [0.1, 0.15) is 10.6 Å². The van der Waals surface area contributed by atoms with Gasteiger partial charge >= 0.3 is 5.97 Å². The summed E-state index contributed by atoms with van der Waals surface area (Å²) in [5.41, 5.74) is 6.57. The van der Waals surface area contributed by atoms with Crippen molar-refractivity contribution in [3.8, 4) is 22.5 Å². The van der Waals surface area contributed by atoms with Crippen LogP contribution in [0, 0.1) is 0 Å². The van der Waals surface area contributed by atoms with E-state index in [9.17, 15) is 4.79 Å². The minimum atomic E-state index is -1.18. The van der Waals surface area contributed by atoms with Gasteiger partial charge in [-0.05, 0) is 57.2 Å². The highest BCUT2D eigenvalue weighted by atomic mass is 32.2.